The molecule has 6 aromatic carbocycles. The van der Waals surface area contributed by atoms with Gasteiger partial charge >= 0.3 is 0 Å². The predicted octanol–water partition coefficient (Wildman–Crippen LogP) is 11.1. The van der Waals surface area contributed by atoms with Crippen LogP contribution in [0.25, 0.3) is 49.9 Å². The fraction of sp³-hybridized carbons (Fsp3) is 0.0238. The van der Waals surface area contributed by atoms with Crippen molar-refractivity contribution in [3.63, 3.8) is 0 Å². The van der Waals surface area contributed by atoms with Crippen molar-refractivity contribution in [2.45, 2.75) is 9.79 Å². The summed E-state index contributed by atoms with van der Waals surface area (Å²) in [6.45, 7) is -2.45. The molecule has 9 rings (SSSR count). The number of benzene rings is 6. The number of para-hydroxylation sites is 3. The third-order valence-electron chi connectivity index (χ3n) is 8.71. The molecular weight excluding hydrogens is 609 g/mol. The number of anilines is 3. The van der Waals surface area contributed by atoms with Crippen molar-refractivity contribution in [1.29, 1.82) is 0 Å². The molecule has 8 aromatic rings. The molecule has 48 heavy (non-hydrogen) atoms. The van der Waals surface area contributed by atoms with Crippen molar-refractivity contribution in [2.75, 3.05) is 17.1 Å². The molecule has 0 aliphatic carbocycles. The first-order valence-electron chi connectivity index (χ1n) is 17.2. The van der Waals surface area contributed by atoms with Gasteiger partial charge in [-0.25, -0.2) is 10.0 Å². The molecule has 2 aromatic heterocycles. The fourth-order valence-electron chi connectivity index (χ4n) is 6.55. The Morgan fingerprint density at radius 1 is 0.583 bits per heavy atom. The molecule has 0 saturated carbocycles. The van der Waals surface area contributed by atoms with Crippen molar-refractivity contribution < 1.29 is 9.05 Å². The lowest BCUT2D eigenvalue weighted by atomic mass is 9.95. The molecule has 0 spiro atoms. The van der Waals surface area contributed by atoms with E-state index >= 15 is 0 Å². The molecule has 0 atom stereocenters. The van der Waals surface area contributed by atoms with Gasteiger partial charge in [0.05, 0.1) is 28.1 Å². The monoisotopic (exact) mass is 641 g/mol. The van der Waals surface area contributed by atoms with Crippen molar-refractivity contribution in [2.24, 2.45) is 0 Å². The van der Waals surface area contributed by atoms with Crippen molar-refractivity contribution in [1.82, 2.24) is 9.55 Å². The molecule has 1 aliphatic heterocycles. The highest BCUT2D eigenvalue weighted by Gasteiger charge is 2.26. The second kappa shape index (κ2) is 11.8. The second-order valence-electron chi connectivity index (χ2n) is 11.6. The van der Waals surface area contributed by atoms with Crippen LogP contribution in [0.5, 0.6) is 0 Å². The van der Waals surface area contributed by atoms with Crippen molar-refractivity contribution in [3.05, 3.63) is 164 Å². The Kier molecular flexibility index (Phi) is 6.20. The van der Waals surface area contributed by atoms with E-state index in [1.54, 1.807) is 22.9 Å². The molecule has 1 aliphatic rings. The van der Waals surface area contributed by atoms with Crippen LogP contribution in [0.3, 0.4) is 0 Å². The Labute approximate surface area is 287 Å². The number of hydroxylamine groups is 1. The average Bonchev–Trinajstić information content (AvgIpc) is 3.72. The standard InChI is InChI=1S/C42H30N4OS/c1-44-39-20-9-10-21-40(39)46(47-44)31-14-11-15-32(27-31)48-33-22-23-37-36-18-7-8-19-38(36)45(41(37)28-33)42-26-30(24-25-43-42)35-17-6-5-16-34(35)29-12-3-2-4-13-29/h2-28H,1H3/i1D3. The van der Waals surface area contributed by atoms with Gasteiger partial charge in [0.25, 0.3) is 0 Å². The predicted molar refractivity (Wildman–Crippen MR) is 198 cm³/mol. The van der Waals surface area contributed by atoms with Crippen LogP contribution < -0.4 is 10.1 Å². The molecule has 0 unspecified atom stereocenters. The summed E-state index contributed by atoms with van der Waals surface area (Å²) in [5, 5.41) is 4.86. The number of aromatic nitrogens is 2. The first-order valence-corrected chi connectivity index (χ1v) is 16.5. The molecule has 0 N–H and O–H groups in total. The minimum absolute atomic E-state index is 0.495. The van der Waals surface area contributed by atoms with Crippen LogP contribution in [-0.4, -0.2) is 16.5 Å². The summed E-state index contributed by atoms with van der Waals surface area (Å²) >= 11 is 1.64. The molecule has 0 amide bonds. The minimum atomic E-state index is -2.45. The Hall–Kier alpha value is -5.82. The van der Waals surface area contributed by atoms with Crippen LogP contribution in [0.4, 0.5) is 17.1 Å². The molecular formula is C42H30N4OS. The van der Waals surface area contributed by atoms with E-state index < -0.39 is 6.98 Å². The summed E-state index contributed by atoms with van der Waals surface area (Å²) in [6, 6.07) is 53.5. The Balaban J connectivity index is 1.10. The number of pyridine rings is 1. The lowest BCUT2D eigenvalue weighted by Gasteiger charge is -2.18. The first kappa shape index (κ1) is 25.3. The SMILES string of the molecule is [2H]C([2H])([2H])N1ON(c2cccc(Sc3ccc4c5ccccc5n(-c5cc(-c6ccccc6-c6ccccc6)ccn5)c4c3)c2)c2ccccc21. The number of hydrogen-bond acceptors (Lipinski definition) is 5. The van der Waals surface area contributed by atoms with E-state index in [0.29, 0.717) is 11.4 Å². The van der Waals surface area contributed by atoms with Gasteiger partial charge in [-0.2, -0.15) is 5.06 Å². The minimum Gasteiger partial charge on any atom is -0.294 e. The highest BCUT2D eigenvalue weighted by Crippen LogP contribution is 2.43. The van der Waals surface area contributed by atoms with Gasteiger partial charge in [0, 0.05) is 37.8 Å². The summed E-state index contributed by atoms with van der Waals surface area (Å²) in [6.07, 6.45) is 1.89. The first-order chi connectivity index (χ1) is 24.9. The lowest BCUT2D eigenvalue weighted by molar-refractivity contribution is 0.142. The number of fused-ring (bicyclic) bond motifs is 4. The molecule has 0 fully saturated rings. The zero-order valence-corrected chi connectivity index (χ0v) is 26.5. The van der Waals surface area contributed by atoms with Gasteiger partial charge in [-0.05, 0) is 82.9 Å². The van der Waals surface area contributed by atoms with Gasteiger partial charge in [0.2, 0.25) is 0 Å². The van der Waals surface area contributed by atoms with Crippen LogP contribution in [0, 0.1) is 0 Å². The molecule has 0 saturated heterocycles. The van der Waals surface area contributed by atoms with E-state index in [0.717, 1.165) is 59.3 Å². The Bertz CT molecular complexity index is 2570. The highest BCUT2D eigenvalue weighted by molar-refractivity contribution is 7.99. The third kappa shape index (κ3) is 4.90. The maximum Gasteiger partial charge on any atom is 0.138 e. The second-order valence-corrected chi connectivity index (χ2v) is 12.8. The van der Waals surface area contributed by atoms with Crippen LogP contribution in [0.1, 0.15) is 4.11 Å². The summed E-state index contributed by atoms with van der Waals surface area (Å²) in [5.74, 6) is 0.842. The van der Waals surface area contributed by atoms with E-state index in [4.69, 9.17) is 14.0 Å². The summed E-state index contributed by atoms with van der Waals surface area (Å²) in [4.78, 5) is 12.9. The van der Waals surface area contributed by atoms with Crippen LogP contribution >= 0.6 is 11.8 Å². The van der Waals surface area contributed by atoms with E-state index in [2.05, 4.69) is 108 Å². The maximum absolute atomic E-state index is 7.99. The quantitative estimate of drug-likeness (QED) is 0.180. The van der Waals surface area contributed by atoms with Gasteiger partial charge in [0.15, 0.2) is 0 Å². The van der Waals surface area contributed by atoms with Crippen LogP contribution in [0.2, 0.25) is 0 Å². The number of nitrogens with zero attached hydrogens (tertiary/aromatic N) is 4. The van der Waals surface area contributed by atoms with E-state index in [-0.39, 0.29) is 0 Å². The van der Waals surface area contributed by atoms with Crippen molar-refractivity contribution in [3.8, 4) is 28.1 Å². The molecule has 230 valence electrons. The smallest absolute Gasteiger partial charge is 0.138 e. The summed E-state index contributed by atoms with van der Waals surface area (Å²) in [5.41, 5.74) is 8.62. The highest BCUT2D eigenvalue weighted by atomic mass is 32.2. The van der Waals surface area contributed by atoms with Gasteiger partial charge < -0.3 is 0 Å². The molecule has 0 radical (unpaired) electrons. The van der Waals surface area contributed by atoms with Crippen LogP contribution in [0.15, 0.2) is 174 Å². The number of rotatable bonds is 6. The largest absolute Gasteiger partial charge is 0.294 e. The van der Waals surface area contributed by atoms with E-state index in [1.165, 1.54) is 11.1 Å². The molecule has 0 bridgehead atoms. The fourth-order valence-corrected chi connectivity index (χ4v) is 7.45. The Morgan fingerprint density at radius 2 is 1.31 bits per heavy atom. The molecule has 3 heterocycles. The van der Waals surface area contributed by atoms with Crippen LogP contribution in [-0.2, 0) is 4.94 Å². The zero-order valence-electron chi connectivity index (χ0n) is 28.7. The molecule has 5 nitrogen and oxygen atoms in total. The number of hydrogen-bond donors (Lipinski definition) is 0. The summed E-state index contributed by atoms with van der Waals surface area (Å²) < 4.78 is 26.2. The molecule has 6 heteroatoms. The normalized spacial score (nSPS) is 13.8. The van der Waals surface area contributed by atoms with Gasteiger partial charge in [-0.3, -0.25) is 4.57 Å². The third-order valence-corrected chi connectivity index (χ3v) is 9.69. The lowest BCUT2D eigenvalue weighted by Crippen LogP contribution is -2.20. The summed E-state index contributed by atoms with van der Waals surface area (Å²) in [7, 11) is 0. The average molecular weight is 642 g/mol. The van der Waals surface area contributed by atoms with Gasteiger partial charge in [-0.1, -0.05) is 109 Å². The Morgan fingerprint density at radius 3 is 2.19 bits per heavy atom. The van der Waals surface area contributed by atoms with E-state index in [9.17, 15) is 0 Å². The van der Waals surface area contributed by atoms with Gasteiger partial charge in [0.1, 0.15) is 5.82 Å². The van der Waals surface area contributed by atoms with Gasteiger partial charge in [-0.15, -0.1) is 4.94 Å². The van der Waals surface area contributed by atoms with E-state index in [1.807, 2.05) is 54.7 Å². The maximum atomic E-state index is 7.99. The zero-order chi connectivity index (χ0) is 34.5. The topological polar surface area (TPSA) is 33.5 Å². The van der Waals surface area contributed by atoms with Crippen molar-refractivity contribution >= 4 is 50.6 Å².